The molecule has 1 aliphatic carbocycles. The minimum Gasteiger partial charge on any atom is -0.452 e. The first-order valence-electron chi connectivity index (χ1n) is 10.7. The number of hydrogen-bond donors (Lipinski definition) is 1. The lowest BCUT2D eigenvalue weighted by molar-refractivity contribution is -0.124. The molecule has 0 aliphatic heterocycles. The number of carbonyl (C=O) groups excluding carboxylic acids is 2. The maximum atomic E-state index is 13.1. The highest BCUT2D eigenvalue weighted by Gasteiger charge is 2.27. The molecule has 0 bridgehead atoms. The molecule has 1 amide bonds. The van der Waals surface area contributed by atoms with Crippen molar-refractivity contribution >= 4 is 46.0 Å². The Kier molecular flexibility index (Phi) is 6.56. The maximum absolute atomic E-state index is 13.1. The third-order valence-electron chi connectivity index (χ3n) is 5.40. The number of benzene rings is 2. The van der Waals surface area contributed by atoms with Gasteiger partial charge in [0.2, 0.25) is 0 Å². The zero-order valence-electron chi connectivity index (χ0n) is 18.2. The van der Waals surface area contributed by atoms with E-state index in [0.717, 1.165) is 39.7 Å². The van der Waals surface area contributed by atoms with E-state index in [9.17, 15) is 9.59 Å². The van der Waals surface area contributed by atoms with Crippen LogP contribution in [0.25, 0.3) is 22.6 Å². The van der Waals surface area contributed by atoms with Gasteiger partial charge in [0.15, 0.2) is 6.61 Å². The van der Waals surface area contributed by atoms with Gasteiger partial charge in [0.05, 0.1) is 16.8 Å². The SMILES string of the molecule is CC(C)CNC(=O)COC(=O)c1c2c(nc3ccccc13)/C(=C/c1ccc(Cl)cc1)CC2. The van der Waals surface area contributed by atoms with Gasteiger partial charge in [0, 0.05) is 17.0 Å². The van der Waals surface area contributed by atoms with Crippen molar-refractivity contribution in [3.63, 3.8) is 0 Å². The van der Waals surface area contributed by atoms with Crippen molar-refractivity contribution in [1.82, 2.24) is 10.3 Å². The van der Waals surface area contributed by atoms with Gasteiger partial charge in [-0.1, -0.05) is 55.8 Å². The van der Waals surface area contributed by atoms with Gasteiger partial charge in [-0.2, -0.15) is 0 Å². The molecule has 0 unspecified atom stereocenters. The molecular weight excluding hydrogens is 424 g/mol. The first-order chi connectivity index (χ1) is 15.4. The van der Waals surface area contributed by atoms with Gasteiger partial charge in [-0.15, -0.1) is 0 Å². The number of hydrogen-bond acceptors (Lipinski definition) is 4. The topological polar surface area (TPSA) is 68.3 Å². The molecule has 3 aromatic rings. The molecule has 1 aliphatic rings. The minimum absolute atomic E-state index is 0.301. The number of esters is 1. The molecule has 4 rings (SSSR count). The van der Waals surface area contributed by atoms with Crippen LogP contribution in [0, 0.1) is 5.92 Å². The largest absolute Gasteiger partial charge is 0.452 e. The molecule has 32 heavy (non-hydrogen) atoms. The van der Waals surface area contributed by atoms with Crippen molar-refractivity contribution in [1.29, 1.82) is 0 Å². The maximum Gasteiger partial charge on any atom is 0.339 e. The van der Waals surface area contributed by atoms with Crippen molar-refractivity contribution < 1.29 is 14.3 Å². The first-order valence-corrected chi connectivity index (χ1v) is 11.1. The molecular formula is C26H25ClN2O3. The Balaban J connectivity index is 1.67. The van der Waals surface area contributed by atoms with Crippen LogP contribution < -0.4 is 5.32 Å². The van der Waals surface area contributed by atoms with Gasteiger partial charge in [-0.3, -0.25) is 4.79 Å². The second-order valence-electron chi connectivity index (χ2n) is 8.33. The predicted octanol–water partition coefficient (Wildman–Crippen LogP) is 5.30. The Hall–Kier alpha value is -3.18. The zero-order valence-corrected chi connectivity index (χ0v) is 18.9. The Bertz CT molecular complexity index is 1200. The Morgan fingerprint density at radius 2 is 1.88 bits per heavy atom. The summed E-state index contributed by atoms with van der Waals surface area (Å²) in [5.74, 6) is -0.467. The van der Waals surface area contributed by atoms with Crippen LogP contribution in [0.2, 0.25) is 5.02 Å². The highest BCUT2D eigenvalue weighted by atomic mass is 35.5. The molecule has 2 aromatic carbocycles. The molecule has 1 N–H and O–H groups in total. The fraction of sp³-hybridized carbons (Fsp3) is 0.269. The summed E-state index contributed by atoms with van der Waals surface area (Å²) >= 11 is 6.00. The van der Waals surface area contributed by atoms with Gasteiger partial charge < -0.3 is 10.1 Å². The number of nitrogens with one attached hydrogen (secondary N) is 1. The first kappa shape index (κ1) is 22.0. The second-order valence-corrected chi connectivity index (χ2v) is 8.76. The number of fused-ring (bicyclic) bond motifs is 2. The van der Waals surface area contributed by atoms with E-state index in [1.807, 2.05) is 62.4 Å². The van der Waals surface area contributed by atoms with E-state index >= 15 is 0 Å². The average molecular weight is 449 g/mol. The van der Waals surface area contributed by atoms with Crippen molar-refractivity contribution in [3.05, 3.63) is 75.9 Å². The standard InChI is InChI=1S/C26H25ClN2O3/c1-16(2)14-28-23(30)15-32-26(31)24-20-5-3-4-6-22(20)29-25-18(9-12-21(24)25)13-17-7-10-19(27)11-8-17/h3-8,10-11,13,16H,9,12,14-15H2,1-2H3,(H,28,30)/b18-13+. The van der Waals surface area contributed by atoms with Crippen LogP contribution in [0.4, 0.5) is 0 Å². The lowest BCUT2D eigenvalue weighted by Gasteiger charge is -2.13. The molecule has 1 aromatic heterocycles. The van der Waals surface area contributed by atoms with Crippen LogP contribution in [0.5, 0.6) is 0 Å². The number of rotatable bonds is 6. The van der Waals surface area contributed by atoms with Crippen LogP contribution in [0.3, 0.4) is 0 Å². The van der Waals surface area contributed by atoms with Gasteiger partial charge in [-0.25, -0.2) is 9.78 Å². The Morgan fingerprint density at radius 1 is 1.12 bits per heavy atom. The number of aromatic nitrogens is 1. The Labute approximate surface area is 192 Å². The van der Waals surface area contributed by atoms with Crippen molar-refractivity contribution in [3.8, 4) is 0 Å². The summed E-state index contributed by atoms with van der Waals surface area (Å²) in [5.41, 5.74) is 5.01. The van der Waals surface area contributed by atoms with Gasteiger partial charge in [-0.05, 0) is 59.7 Å². The normalized spacial score (nSPS) is 14.1. The van der Waals surface area contributed by atoms with Crippen LogP contribution in [-0.2, 0) is 16.0 Å². The van der Waals surface area contributed by atoms with E-state index in [2.05, 4.69) is 11.4 Å². The van der Waals surface area contributed by atoms with Crippen LogP contribution >= 0.6 is 11.6 Å². The predicted molar refractivity (Wildman–Crippen MR) is 128 cm³/mol. The number of allylic oxidation sites excluding steroid dienone is 1. The number of pyridine rings is 1. The quantitative estimate of drug-likeness (QED) is 0.519. The highest BCUT2D eigenvalue weighted by Crippen LogP contribution is 2.37. The monoisotopic (exact) mass is 448 g/mol. The number of carbonyl (C=O) groups is 2. The average Bonchev–Trinajstić information content (AvgIpc) is 3.17. The summed E-state index contributed by atoms with van der Waals surface area (Å²) < 4.78 is 5.41. The second kappa shape index (κ2) is 9.53. The molecule has 5 nitrogen and oxygen atoms in total. The summed E-state index contributed by atoms with van der Waals surface area (Å²) in [6, 6.07) is 15.2. The minimum atomic E-state index is -0.493. The van der Waals surface area contributed by atoms with Gasteiger partial charge in [0.25, 0.3) is 5.91 Å². The smallest absolute Gasteiger partial charge is 0.339 e. The van der Waals surface area contributed by atoms with E-state index in [-0.39, 0.29) is 12.5 Å². The number of amides is 1. The van der Waals surface area contributed by atoms with Crippen molar-refractivity contribution in [2.75, 3.05) is 13.2 Å². The number of nitrogens with zero attached hydrogens (tertiary/aromatic N) is 1. The fourth-order valence-electron chi connectivity index (χ4n) is 3.84. The fourth-order valence-corrected chi connectivity index (χ4v) is 3.97. The number of para-hydroxylation sites is 1. The van der Waals surface area contributed by atoms with E-state index in [1.54, 1.807) is 0 Å². The summed E-state index contributed by atoms with van der Waals surface area (Å²) in [4.78, 5) is 30.0. The molecule has 0 saturated carbocycles. The third-order valence-corrected chi connectivity index (χ3v) is 5.65. The highest BCUT2D eigenvalue weighted by molar-refractivity contribution is 6.30. The van der Waals surface area contributed by atoms with Crippen LogP contribution in [0.15, 0.2) is 48.5 Å². The molecule has 1 heterocycles. The van der Waals surface area contributed by atoms with E-state index in [1.165, 1.54) is 0 Å². The van der Waals surface area contributed by atoms with Crippen LogP contribution in [-0.4, -0.2) is 30.0 Å². The van der Waals surface area contributed by atoms with E-state index in [4.69, 9.17) is 21.3 Å². The summed E-state index contributed by atoms with van der Waals surface area (Å²) in [6.45, 7) is 4.26. The van der Waals surface area contributed by atoms with Gasteiger partial charge in [0.1, 0.15) is 0 Å². The Morgan fingerprint density at radius 3 is 2.62 bits per heavy atom. The molecule has 164 valence electrons. The number of halogens is 1. The number of ether oxygens (including phenoxy) is 1. The summed E-state index contributed by atoms with van der Waals surface area (Å²) in [5, 5.41) is 4.20. The molecule has 0 saturated heterocycles. The summed E-state index contributed by atoms with van der Waals surface area (Å²) in [7, 11) is 0. The van der Waals surface area contributed by atoms with E-state index in [0.29, 0.717) is 29.5 Å². The van der Waals surface area contributed by atoms with Crippen LogP contribution in [0.1, 0.15) is 47.4 Å². The molecule has 0 atom stereocenters. The third kappa shape index (κ3) is 4.83. The molecule has 0 spiro atoms. The lowest BCUT2D eigenvalue weighted by Crippen LogP contribution is -2.31. The van der Waals surface area contributed by atoms with Crippen molar-refractivity contribution in [2.24, 2.45) is 5.92 Å². The molecule has 0 radical (unpaired) electrons. The van der Waals surface area contributed by atoms with E-state index < -0.39 is 5.97 Å². The molecule has 0 fully saturated rings. The lowest BCUT2D eigenvalue weighted by atomic mass is 10.0. The van der Waals surface area contributed by atoms with Crippen molar-refractivity contribution in [2.45, 2.75) is 26.7 Å². The molecule has 6 heteroatoms. The zero-order chi connectivity index (χ0) is 22.7. The summed E-state index contributed by atoms with van der Waals surface area (Å²) in [6.07, 6.45) is 3.55. The van der Waals surface area contributed by atoms with Gasteiger partial charge >= 0.3 is 5.97 Å².